The average Bonchev–Trinajstić information content (AvgIpc) is 3.46. The number of nitrogens with zero attached hydrogens (tertiary/aromatic N) is 6. The lowest BCUT2D eigenvalue weighted by Gasteiger charge is -2.31. The largest absolute Gasteiger partial charge is 0.479 e. The number of hydrogen-bond acceptors (Lipinski definition) is 10. The van der Waals surface area contributed by atoms with Gasteiger partial charge in [-0.25, -0.2) is 4.68 Å². The van der Waals surface area contributed by atoms with Gasteiger partial charge in [-0.3, -0.25) is 20.0 Å². The van der Waals surface area contributed by atoms with Gasteiger partial charge >= 0.3 is 0 Å². The number of hydrogen-bond donors (Lipinski definition) is 3. The fraction of sp³-hybridized carbons (Fsp3) is 0.500. The lowest BCUT2D eigenvalue weighted by Crippen LogP contribution is -2.43. The zero-order valence-corrected chi connectivity index (χ0v) is 24.4. The first-order chi connectivity index (χ1) is 19.2. The SMILES string of the molecule is CCO/C(N)=C1\C=C\c2[nH]nc3c(C)nc(cc23)-c2c(COC)nn(C)c2O[C@@H](C)[C@@H](C)N(C)CC1=NCCO. The van der Waals surface area contributed by atoms with Crippen LogP contribution in [0.15, 0.2) is 28.6 Å². The number of ether oxygens (including phenoxy) is 3. The summed E-state index contributed by atoms with van der Waals surface area (Å²) in [5.41, 5.74) is 12.3. The van der Waals surface area contributed by atoms with Gasteiger partial charge < -0.3 is 25.1 Å². The predicted molar refractivity (Wildman–Crippen MR) is 155 cm³/mol. The monoisotopic (exact) mass is 552 g/mol. The normalized spacial score (nSPS) is 21.6. The Bertz CT molecular complexity index is 1440. The molecule has 0 amide bonds. The number of pyridine rings is 1. The minimum atomic E-state index is -0.236. The maximum atomic E-state index is 9.56. The molecular formula is C28H40N8O4. The van der Waals surface area contributed by atoms with Crippen molar-refractivity contribution in [2.75, 3.05) is 40.5 Å². The quantitative estimate of drug-likeness (QED) is 0.392. The molecule has 0 spiro atoms. The van der Waals surface area contributed by atoms with Crippen molar-refractivity contribution in [3.63, 3.8) is 0 Å². The van der Waals surface area contributed by atoms with Crippen molar-refractivity contribution in [2.45, 2.75) is 46.4 Å². The first-order valence-corrected chi connectivity index (χ1v) is 13.4. The molecule has 2 bridgehead atoms. The summed E-state index contributed by atoms with van der Waals surface area (Å²) in [4.78, 5) is 11.7. The second-order valence-electron chi connectivity index (χ2n) is 9.88. The lowest BCUT2D eigenvalue weighted by atomic mass is 10.1. The van der Waals surface area contributed by atoms with E-state index in [2.05, 4.69) is 27.0 Å². The molecule has 216 valence electrons. The van der Waals surface area contributed by atoms with E-state index in [-0.39, 0.29) is 31.2 Å². The van der Waals surface area contributed by atoms with Crippen LogP contribution >= 0.6 is 0 Å². The van der Waals surface area contributed by atoms with Gasteiger partial charge in [0, 0.05) is 32.1 Å². The van der Waals surface area contributed by atoms with E-state index in [0.29, 0.717) is 42.6 Å². The van der Waals surface area contributed by atoms with Crippen molar-refractivity contribution in [2.24, 2.45) is 17.8 Å². The van der Waals surface area contributed by atoms with E-state index in [1.807, 2.05) is 53.1 Å². The van der Waals surface area contributed by atoms with Gasteiger partial charge in [0.1, 0.15) is 17.3 Å². The Morgan fingerprint density at radius 2 is 2.08 bits per heavy atom. The summed E-state index contributed by atoms with van der Waals surface area (Å²) < 4.78 is 19.6. The molecule has 4 heterocycles. The van der Waals surface area contributed by atoms with Crippen molar-refractivity contribution in [3.8, 4) is 17.1 Å². The molecule has 12 heteroatoms. The molecule has 12 nitrogen and oxygen atoms in total. The summed E-state index contributed by atoms with van der Waals surface area (Å²) in [7, 11) is 5.50. The fourth-order valence-corrected chi connectivity index (χ4v) is 4.77. The van der Waals surface area contributed by atoms with Gasteiger partial charge in [-0.2, -0.15) is 10.2 Å². The smallest absolute Gasteiger partial charge is 0.221 e. The third-order valence-electron chi connectivity index (χ3n) is 7.12. The van der Waals surface area contributed by atoms with Gasteiger partial charge in [-0.15, -0.1) is 0 Å². The Balaban J connectivity index is 2.00. The fourth-order valence-electron chi connectivity index (χ4n) is 4.77. The third kappa shape index (κ3) is 5.88. The van der Waals surface area contributed by atoms with Gasteiger partial charge in [-0.05, 0) is 53.0 Å². The molecule has 0 aliphatic carbocycles. The highest BCUT2D eigenvalue weighted by Gasteiger charge is 2.28. The van der Waals surface area contributed by atoms with E-state index in [9.17, 15) is 5.11 Å². The molecule has 4 rings (SSSR count). The maximum Gasteiger partial charge on any atom is 0.221 e. The molecule has 3 aromatic heterocycles. The Kier molecular flexibility index (Phi) is 9.23. The summed E-state index contributed by atoms with van der Waals surface area (Å²) >= 11 is 0. The number of aliphatic imine (C=N–C) groups is 1. The average molecular weight is 553 g/mol. The molecule has 3 aromatic rings. The minimum absolute atomic E-state index is 0.0364. The number of allylic oxidation sites excluding steroid dienone is 1. The number of nitrogens with one attached hydrogen (secondary N) is 1. The Morgan fingerprint density at radius 3 is 2.77 bits per heavy atom. The Labute approximate surface area is 234 Å². The first kappa shape index (κ1) is 29.2. The zero-order chi connectivity index (χ0) is 29.0. The van der Waals surface area contributed by atoms with E-state index in [1.54, 1.807) is 11.8 Å². The Hall–Kier alpha value is -3.74. The summed E-state index contributed by atoms with van der Waals surface area (Å²) in [6, 6.07) is 1.95. The molecule has 1 aliphatic rings. The highest BCUT2D eigenvalue weighted by Crippen LogP contribution is 2.36. The molecule has 0 unspecified atom stereocenters. The number of H-pyrrole nitrogens is 1. The van der Waals surface area contributed by atoms with E-state index in [0.717, 1.165) is 33.5 Å². The predicted octanol–water partition coefficient (Wildman–Crippen LogP) is 2.57. The van der Waals surface area contributed by atoms with E-state index < -0.39 is 0 Å². The van der Waals surface area contributed by atoms with Crippen molar-refractivity contribution in [1.29, 1.82) is 0 Å². The van der Waals surface area contributed by atoms with Crippen LogP contribution in [0.2, 0.25) is 0 Å². The minimum Gasteiger partial charge on any atom is -0.479 e. The maximum absolute atomic E-state index is 9.56. The van der Waals surface area contributed by atoms with Crippen LogP contribution in [0.1, 0.15) is 37.9 Å². The molecule has 0 fully saturated rings. The number of aryl methyl sites for hydroxylation is 2. The number of rotatable bonds is 6. The molecular weight excluding hydrogens is 512 g/mol. The van der Waals surface area contributed by atoms with Crippen LogP contribution in [-0.2, 0) is 23.1 Å². The van der Waals surface area contributed by atoms with Crippen LogP contribution in [0.5, 0.6) is 5.88 Å². The topological polar surface area (TPSA) is 149 Å². The second kappa shape index (κ2) is 12.6. The van der Waals surface area contributed by atoms with E-state index in [1.165, 1.54) is 0 Å². The molecule has 0 radical (unpaired) electrons. The van der Waals surface area contributed by atoms with Crippen LogP contribution in [-0.4, -0.2) is 93.3 Å². The number of aliphatic hydroxyl groups excluding tert-OH is 1. The zero-order valence-electron chi connectivity index (χ0n) is 24.4. The molecule has 2 atom stereocenters. The van der Waals surface area contributed by atoms with Crippen LogP contribution in [0.3, 0.4) is 0 Å². The highest BCUT2D eigenvalue weighted by molar-refractivity contribution is 6.05. The molecule has 0 aromatic carbocycles. The number of fused-ring (bicyclic) bond motifs is 3. The highest BCUT2D eigenvalue weighted by atomic mass is 16.5. The van der Waals surface area contributed by atoms with Crippen LogP contribution in [0, 0.1) is 6.92 Å². The standard InChI is InChI=1S/C28H40N8O4/c1-8-39-27(29)19-9-10-21-20-13-22(31-16(2)26(20)33-32-21)25-24(15-38-7)34-36(6)28(25)40-18(4)17(3)35(5)14-23(19)30-11-12-37/h9-10,13,17-18,37H,8,11-12,14-15,29H2,1-7H3,(H,32,33)/b10-9+,27-19+,30-23?/t17-,18+/m1/s1. The molecule has 4 N–H and O–H groups in total. The number of aliphatic hydroxyl groups is 1. The first-order valence-electron chi connectivity index (χ1n) is 13.4. The number of nitrogens with two attached hydrogens (primary N) is 1. The summed E-state index contributed by atoms with van der Waals surface area (Å²) in [5.74, 6) is 0.868. The van der Waals surface area contributed by atoms with Crippen molar-refractivity contribution >= 4 is 22.7 Å². The van der Waals surface area contributed by atoms with Gasteiger partial charge in [0.2, 0.25) is 5.88 Å². The summed E-state index contributed by atoms with van der Waals surface area (Å²) in [5, 5.41) is 22.8. The van der Waals surface area contributed by atoms with Crippen LogP contribution in [0.25, 0.3) is 28.2 Å². The van der Waals surface area contributed by atoms with E-state index >= 15 is 0 Å². The van der Waals surface area contributed by atoms with Gasteiger partial charge in [0.15, 0.2) is 5.88 Å². The van der Waals surface area contributed by atoms with Gasteiger partial charge in [0.25, 0.3) is 0 Å². The van der Waals surface area contributed by atoms with Gasteiger partial charge in [-0.1, -0.05) is 0 Å². The lowest BCUT2D eigenvalue weighted by molar-refractivity contribution is 0.107. The van der Waals surface area contributed by atoms with E-state index in [4.69, 9.17) is 30.0 Å². The molecule has 0 saturated heterocycles. The van der Waals surface area contributed by atoms with Gasteiger partial charge in [0.05, 0.1) is 60.3 Å². The number of likely N-dealkylation sites (N-methyl/N-ethyl adjacent to an activating group) is 1. The van der Waals surface area contributed by atoms with Crippen LogP contribution in [0.4, 0.5) is 0 Å². The molecule has 0 saturated carbocycles. The number of aromatic amines is 1. The van der Waals surface area contributed by atoms with Crippen molar-refractivity contribution < 1.29 is 19.3 Å². The summed E-state index contributed by atoms with van der Waals surface area (Å²) in [6.07, 6.45) is 3.56. The summed E-state index contributed by atoms with van der Waals surface area (Å²) in [6.45, 7) is 9.25. The molecule has 1 aliphatic heterocycles. The Morgan fingerprint density at radius 1 is 1.30 bits per heavy atom. The van der Waals surface area contributed by atoms with Crippen molar-refractivity contribution in [1.82, 2.24) is 29.9 Å². The van der Waals surface area contributed by atoms with Crippen molar-refractivity contribution in [3.05, 3.63) is 40.7 Å². The third-order valence-corrected chi connectivity index (χ3v) is 7.12. The second-order valence-corrected chi connectivity index (χ2v) is 9.88. The number of methoxy groups -OCH3 is 1. The number of aromatic nitrogens is 5. The van der Waals surface area contributed by atoms with Crippen LogP contribution < -0.4 is 10.5 Å². The molecule has 40 heavy (non-hydrogen) atoms.